The molecule has 44 heavy (non-hydrogen) atoms. The van der Waals surface area contributed by atoms with E-state index in [2.05, 4.69) is 51.9 Å². The van der Waals surface area contributed by atoms with Crippen molar-refractivity contribution in [2.45, 2.75) is 0 Å². The van der Waals surface area contributed by atoms with E-state index >= 15 is 0 Å². The van der Waals surface area contributed by atoms with Crippen molar-refractivity contribution >= 4 is 46.5 Å². The van der Waals surface area contributed by atoms with Crippen LogP contribution in [0.4, 0.5) is 11.4 Å². The fourth-order valence-electron chi connectivity index (χ4n) is 5.49. The Hall–Kier alpha value is -5.52. The molecule has 0 spiro atoms. The highest BCUT2D eigenvalue weighted by molar-refractivity contribution is 6.11. The molecule has 0 radical (unpaired) electrons. The van der Waals surface area contributed by atoms with Gasteiger partial charge in [-0.1, -0.05) is 0 Å². The van der Waals surface area contributed by atoms with Crippen molar-refractivity contribution < 1.29 is 9.59 Å². The molecule has 4 heterocycles. The van der Waals surface area contributed by atoms with Crippen molar-refractivity contribution in [2.75, 3.05) is 63.0 Å². The molecule has 4 aliphatic heterocycles. The molecule has 0 saturated heterocycles. The van der Waals surface area contributed by atoms with Crippen molar-refractivity contribution in [1.82, 2.24) is 21.3 Å². The van der Waals surface area contributed by atoms with Gasteiger partial charge in [-0.25, -0.2) is 0 Å². The van der Waals surface area contributed by atoms with Gasteiger partial charge in [0.1, 0.15) is 23.3 Å². The van der Waals surface area contributed by atoms with Crippen LogP contribution in [0.15, 0.2) is 80.6 Å². The molecule has 7 rings (SSSR count). The van der Waals surface area contributed by atoms with Gasteiger partial charge >= 0.3 is 0 Å². The molecule has 3 aromatic carbocycles. The number of anilines is 2. The Labute approximate surface area is 254 Å². The maximum absolute atomic E-state index is 13.2. The predicted molar refractivity (Wildman–Crippen MR) is 173 cm³/mol. The van der Waals surface area contributed by atoms with Crippen LogP contribution >= 0.6 is 0 Å². The summed E-state index contributed by atoms with van der Waals surface area (Å²) in [5, 5.41) is 19.2. The van der Waals surface area contributed by atoms with E-state index in [1.807, 2.05) is 36.4 Å². The second-order valence-electron chi connectivity index (χ2n) is 10.7. The average Bonchev–Trinajstić information content (AvgIpc) is 3.89. The normalized spacial score (nSPS) is 16.9. The number of amides is 2. The fraction of sp³-hybridized carbons (Fsp3) is 0.250. The lowest BCUT2D eigenvalue weighted by Gasteiger charge is -2.13. The van der Waals surface area contributed by atoms with Crippen molar-refractivity contribution in [3.05, 3.63) is 94.0 Å². The second-order valence-corrected chi connectivity index (χ2v) is 10.7. The third kappa shape index (κ3) is 5.87. The largest absolute Gasteiger partial charge is 0.368 e. The minimum atomic E-state index is -0.283. The first-order valence-corrected chi connectivity index (χ1v) is 14.8. The average molecular weight is 589 g/mol. The lowest BCUT2D eigenvalue weighted by atomic mass is 10.1. The van der Waals surface area contributed by atoms with Gasteiger partial charge in [-0.3, -0.25) is 29.6 Å². The van der Waals surface area contributed by atoms with Crippen LogP contribution in [-0.2, 0) is 0 Å². The van der Waals surface area contributed by atoms with Crippen molar-refractivity contribution in [1.29, 1.82) is 0 Å². The Morgan fingerprint density at radius 2 is 0.773 bits per heavy atom. The minimum Gasteiger partial charge on any atom is -0.368 e. The highest BCUT2D eigenvalue weighted by Crippen LogP contribution is 2.21. The number of nitrogens with zero attached hydrogens (tertiary/aromatic N) is 4. The molecule has 0 saturated carbocycles. The SMILES string of the molecule is O=C(Nc1cc(C2=NCCN2)cc(C2=NCCN2)c1)c1ccc(C(=O)Nc2cc(C3=NCCN3)cc(C3=NCCN3)c2)cc1. The summed E-state index contributed by atoms with van der Waals surface area (Å²) in [6.07, 6.45) is 0. The van der Waals surface area contributed by atoms with Crippen LogP contribution in [0.3, 0.4) is 0 Å². The zero-order chi connectivity index (χ0) is 29.9. The van der Waals surface area contributed by atoms with Gasteiger partial charge in [0.25, 0.3) is 11.8 Å². The molecule has 0 atom stereocenters. The summed E-state index contributed by atoms with van der Waals surface area (Å²) in [6, 6.07) is 18.2. The van der Waals surface area contributed by atoms with Crippen LogP contribution in [-0.4, -0.2) is 87.5 Å². The number of rotatable bonds is 8. The summed E-state index contributed by atoms with van der Waals surface area (Å²) in [5.74, 6) is 2.63. The Balaban J connectivity index is 1.07. The lowest BCUT2D eigenvalue weighted by molar-refractivity contribution is 0.101. The second kappa shape index (κ2) is 12.0. The van der Waals surface area contributed by atoms with E-state index in [9.17, 15) is 9.59 Å². The van der Waals surface area contributed by atoms with E-state index in [0.717, 1.165) is 71.8 Å². The van der Waals surface area contributed by atoms with Gasteiger partial charge in [0, 0.05) is 70.9 Å². The monoisotopic (exact) mass is 588 g/mol. The Morgan fingerprint density at radius 3 is 1.02 bits per heavy atom. The third-order valence-corrected chi connectivity index (χ3v) is 7.58. The van der Waals surface area contributed by atoms with E-state index in [0.29, 0.717) is 48.7 Å². The molecule has 0 bridgehead atoms. The maximum Gasteiger partial charge on any atom is 0.255 e. The maximum atomic E-state index is 13.2. The van der Waals surface area contributed by atoms with Crippen LogP contribution in [0.25, 0.3) is 0 Å². The zero-order valence-corrected chi connectivity index (χ0v) is 24.0. The quantitative estimate of drug-likeness (QED) is 0.235. The molecule has 2 amide bonds. The third-order valence-electron chi connectivity index (χ3n) is 7.58. The molecule has 4 aliphatic rings. The van der Waals surface area contributed by atoms with E-state index in [-0.39, 0.29) is 11.8 Å². The summed E-state index contributed by atoms with van der Waals surface area (Å²) in [7, 11) is 0. The molecule has 222 valence electrons. The van der Waals surface area contributed by atoms with Crippen LogP contribution in [0.2, 0.25) is 0 Å². The number of aliphatic imine (C=N–C) groups is 4. The molecule has 0 aliphatic carbocycles. The van der Waals surface area contributed by atoms with Crippen molar-refractivity contribution in [2.24, 2.45) is 20.0 Å². The minimum absolute atomic E-state index is 0.283. The zero-order valence-electron chi connectivity index (χ0n) is 24.0. The summed E-state index contributed by atoms with van der Waals surface area (Å²) >= 11 is 0. The number of carbonyl (C=O) groups is 2. The lowest BCUT2D eigenvalue weighted by Crippen LogP contribution is -2.23. The standard InChI is InChI=1S/C32H32N10O2/c43-31(41-25-15-21(27-33-5-6-34-27)13-22(16-25)28-35-7-8-36-28)19-1-2-20(4-3-19)32(44)42-26-17-23(29-37-9-10-38-29)14-24(18-26)30-39-11-12-40-30/h1-4,13-18H,5-12H2,(H,33,34)(H,35,36)(H,37,38)(H,39,40)(H,41,43)(H,42,44). The van der Waals surface area contributed by atoms with Crippen LogP contribution in [0.1, 0.15) is 43.0 Å². The number of amidine groups is 4. The first-order chi connectivity index (χ1) is 21.6. The van der Waals surface area contributed by atoms with Crippen LogP contribution < -0.4 is 31.9 Å². The van der Waals surface area contributed by atoms with Crippen LogP contribution in [0, 0.1) is 0 Å². The van der Waals surface area contributed by atoms with Crippen LogP contribution in [0.5, 0.6) is 0 Å². The van der Waals surface area contributed by atoms with Gasteiger partial charge in [0.15, 0.2) is 0 Å². The summed E-state index contributed by atoms with van der Waals surface area (Å²) in [5.41, 5.74) is 5.68. The molecule has 12 nitrogen and oxygen atoms in total. The summed E-state index contributed by atoms with van der Waals surface area (Å²) in [6.45, 7) is 5.99. The van der Waals surface area contributed by atoms with E-state index in [4.69, 9.17) is 0 Å². The van der Waals surface area contributed by atoms with E-state index in [1.54, 1.807) is 24.3 Å². The molecule has 6 N–H and O–H groups in total. The molecule has 0 fully saturated rings. The van der Waals surface area contributed by atoms with Crippen molar-refractivity contribution in [3.63, 3.8) is 0 Å². The van der Waals surface area contributed by atoms with E-state index in [1.165, 1.54) is 0 Å². The summed E-state index contributed by atoms with van der Waals surface area (Å²) in [4.78, 5) is 44.6. The van der Waals surface area contributed by atoms with Gasteiger partial charge in [0.05, 0.1) is 26.2 Å². The highest BCUT2D eigenvalue weighted by atomic mass is 16.2. The predicted octanol–water partition coefficient (Wildman–Crippen LogP) is 1.59. The topological polar surface area (TPSA) is 156 Å². The highest BCUT2D eigenvalue weighted by Gasteiger charge is 2.18. The van der Waals surface area contributed by atoms with Crippen molar-refractivity contribution in [3.8, 4) is 0 Å². The Morgan fingerprint density at radius 1 is 0.477 bits per heavy atom. The molecule has 0 aromatic heterocycles. The number of nitrogens with one attached hydrogen (secondary N) is 6. The molecule has 3 aromatic rings. The number of hydrogen-bond acceptors (Lipinski definition) is 10. The van der Waals surface area contributed by atoms with Gasteiger partial charge in [-0.2, -0.15) is 0 Å². The molecule has 12 heteroatoms. The van der Waals surface area contributed by atoms with Gasteiger partial charge in [0.2, 0.25) is 0 Å². The fourth-order valence-corrected chi connectivity index (χ4v) is 5.49. The molecular weight excluding hydrogens is 556 g/mol. The number of benzene rings is 3. The number of hydrogen-bond donors (Lipinski definition) is 6. The molecule has 0 unspecified atom stereocenters. The Bertz CT molecular complexity index is 1540. The first-order valence-electron chi connectivity index (χ1n) is 14.8. The van der Waals surface area contributed by atoms with Gasteiger partial charge in [-0.15, -0.1) is 0 Å². The first kappa shape index (κ1) is 27.3. The van der Waals surface area contributed by atoms with E-state index < -0.39 is 0 Å². The Kier molecular flexibility index (Phi) is 7.45. The van der Waals surface area contributed by atoms with Gasteiger partial charge in [-0.05, 0) is 60.7 Å². The smallest absolute Gasteiger partial charge is 0.255 e. The number of carbonyl (C=O) groups excluding carboxylic acids is 2. The van der Waals surface area contributed by atoms with Gasteiger partial charge < -0.3 is 31.9 Å². The summed E-state index contributed by atoms with van der Waals surface area (Å²) < 4.78 is 0. The molecular formula is C32H32N10O2.